The van der Waals surface area contributed by atoms with E-state index in [0.29, 0.717) is 5.82 Å². The second-order valence-corrected chi connectivity index (χ2v) is 4.00. The molecule has 0 radical (unpaired) electrons. The highest BCUT2D eigenvalue weighted by atomic mass is 14.9. The van der Waals surface area contributed by atoms with Gasteiger partial charge >= 0.3 is 0 Å². The van der Waals surface area contributed by atoms with Crippen LogP contribution in [-0.2, 0) is 6.42 Å². The Morgan fingerprint density at radius 2 is 2.00 bits per heavy atom. The maximum Gasteiger partial charge on any atom is 0.123 e. The average molecular weight is 227 g/mol. The quantitative estimate of drug-likeness (QED) is 0.842. The molecule has 0 aliphatic rings. The van der Waals surface area contributed by atoms with Gasteiger partial charge in [-0.05, 0) is 30.2 Å². The van der Waals surface area contributed by atoms with Gasteiger partial charge in [-0.2, -0.15) is 0 Å². The Bertz CT molecular complexity index is 477. The minimum Gasteiger partial charge on any atom is -0.384 e. The van der Waals surface area contributed by atoms with Crippen molar-refractivity contribution in [2.24, 2.45) is 0 Å². The molecule has 0 amide bonds. The first kappa shape index (κ1) is 11.5. The van der Waals surface area contributed by atoms with Gasteiger partial charge in [0, 0.05) is 5.69 Å². The molecule has 2 rings (SSSR count). The molecule has 2 aromatic rings. The number of aryl methyl sites for hydroxylation is 1. The maximum atomic E-state index is 5.56. The van der Waals surface area contributed by atoms with Gasteiger partial charge in [-0.25, -0.2) is 4.98 Å². The summed E-state index contributed by atoms with van der Waals surface area (Å²) in [5.41, 5.74) is 8.99. The molecule has 0 saturated heterocycles. The number of para-hydroxylation sites is 1. The predicted molar refractivity (Wildman–Crippen MR) is 72.4 cm³/mol. The van der Waals surface area contributed by atoms with Crippen LogP contribution in [0.15, 0.2) is 42.6 Å². The van der Waals surface area contributed by atoms with Crippen LogP contribution in [0.3, 0.4) is 0 Å². The fourth-order valence-corrected chi connectivity index (χ4v) is 1.76. The molecular weight excluding hydrogens is 210 g/mol. The Labute approximate surface area is 102 Å². The van der Waals surface area contributed by atoms with Crippen LogP contribution in [0.4, 0.5) is 17.2 Å². The first-order valence-corrected chi connectivity index (χ1v) is 5.86. The molecule has 1 aromatic carbocycles. The lowest BCUT2D eigenvalue weighted by Gasteiger charge is -2.11. The van der Waals surface area contributed by atoms with Crippen molar-refractivity contribution in [1.82, 2.24) is 4.98 Å². The van der Waals surface area contributed by atoms with Crippen molar-refractivity contribution in [2.75, 3.05) is 11.1 Å². The fraction of sp³-hybridized carbons (Fsp3) is 0.214. The topological polar surface area (TPSA) is 50.9 Å². The fourth-order valence-electron chi connectivity index (χ4n) is 1.76. The second kappa shape index (κ2) is 5.34. The van der Waals surface area contributed by atoms with Gasteiger partial charge in [-0.15, -0.1) is 0 Å². The van der Waals surface area contributed by atoms with Crippen LogP contribution in [0.2, 0.25) is 0 Å². The van der Waals surface area contributed by atoms with Crippen LogP contribution in [-0.4, -0.2) is 4.98 Å². The van der Waals surface area contributed by atoms with Gasteiger partial charge in [0.15, 0.2) is 0 Å². The third kappa shape index (κ3) is 2.97. The summed E-state index contributed by atoms with van der Waals surface area (Å²) >= 11 is 0. The predicted octanol–water partition coefficient (Wildman–Crippen LogP) is 3.36. The first-order chi connectivity index (χ1) is 8.29. The molecule has 0 unspecified atom stereocenters. The molecule has 88 valence electrons. The maximum absolute atomic E-state index is 5.56. The summed E-state index contributed by atoms with van der Waals surface area (Å²) in [4.78, 5) is 4.07. The van der Waals surface area contributed by atoms with E-state index in [4.69, 9.17) is 5.73 Å². The molecule has 1 heterocycles. The molecule has 17 heavy (non-hydrogen) atoms. The van der Waals surface area contributed by atoms with E-state index in [1.165, 1.54) is 5.56 Å². The van der Waals surface area contributed by atoms with Crippen molar-refractivity contribution in [3.05, 3.63) is 48.2 Å². The highest BCUT2D eigenvalue weighted by molar-refractivity contribution is 5.63. The SMILES string of the molecule is CCCc1ccccc1Nc1ccc(N)nc1. The number of rotatable bonds is 4. The Morgan fingerprint density at radius 1 is 1.18 bits per heavy atom. The van der Waals surface area contributed by atoms with Crippen LogP contribution in [0.25, 0.3) is 0 Å². The summed E-state index contributed by atoms with van der Waals surface area (Å²) in [5, 5.41) is 3.37. The molecule has 0 saturated carbocycles. The van der Waals surface area contributed by atoms with Crippen LogP contribution in [0.1, 0.15) is 18.9 Å². The number of nitrogen functional groups attached to an aromatic ring is 1. The number of hydrogen-bond donors (Lipinski definition) is 2. The summed E-state index contributed by atoms with van der Waals surface area (Å²) in [6, 6.07) is 12.1. The van der Waals surface area contributed by atoms with Crippen LogP contribution in [0, 0.1) is 0 Å². The largest absolute Gasteiger partial charge is 0.384 e. The summed E-state index contributed by atoms with van der Waals surface area (Å²) < 4.78 is 0. The molecule has 3 nitrogen and oxygen atoms in total. The molecule has 0 spiro atoms. The van der Waals surface area contributed by atoms with Gasteiger partial charge in [0.05, 0.1) is 11.9 Å². The first-order valence-electron chi connectivity index (χ1n) is 5.86. The number of nitrogens with two attached hydrogens (primary N) is 1. The molecule has 3 N–H and O–H groups in total. The van der Waals surface area contributed by atoms with Gasteiger partial charge in [-0.1, -0.05) is 31.5 Å². The Hall–Kier alpha value is -2.03. The number of pyridine rings is 1. The highest BCUT2D eigenvalue weighted by Crippen LogP contribution is 2.21. The van der Waals surface area contributed by atoms with Crippen LogP contribution >= 0.6 is 0 Å². The zero-order chi connectivity index (χ0) is 12.1. The highest BCUT2D eigenvalue weighted by Gasteiger charge is 2.01. The van der Waals surface area contributed by atoms with Gasteiger partial charge in [-0.3, -0.25) is 0 Å². The summed E-state index contributed by atoms with van der Waals surface area (Å²) in [6.45, 7) is 2.18. The van der Waals surface area contributed by atoms with E-state index in [2.05, 4.69) is 35.4 Å². The molecule has 0 aliphatic heterocycles. The summed E-state index contributed by atoms with van der Waals surface area (Å²) in [6.07, 6.45) is 3.96. The Kier molecular flexibility index (Phi) is 3.60. The second-order valence-electron chi connectivity index (χ2n) is 4.00. The van der Waals surface area contributed by atoms with Crippen molar-refractivity contribution >= 4 is 17.2 Å². The van der Waals surface area contributed by atoms with Crippen LogP contribution in [0.5, 0.6) is 0 Å². The zero-order valence-electron chi connectivity index (χ0n) is 9.98. The van der Waals surface area contributed by atoms with Crippen molar-refractivity contribution in [3.63, 3.8) is 0 Å². The number of benzene rings is 1. The van der Waals surface area contributed by atoms with Gasteiger partial charge in [0.1, 0.15) is 5.82 Å². The smallest absolute Gasteiger partial charge is 0.123 e. The monoisotopic (exact) mass is 227 g/mol. The van der Waals surface area contributed by atoms with Gasteiger partial charge in [0.25, 0.3) is 0 Å². The van der Waals surface area contributed by atoms with Crippen molar-refractivity contribution in [3.8, 4) is 0 Å². The van der Waals surface area contributed by atoms with E-state index in [9.17, 15) is 0 Å². The average Bonchev–Trinajstić information content (AvgIpc) is 2.35. The molecule has 0 atom stereocenters. The molecule has 0 fully saturated rings. The van der Waals surface area contributed by atoms with E-state index in [1.807, 2.05) is 12.1 Å². The number of nitrogens with one attached hydrogen (secondary N) is 1. The van der Waals surface area contributed by atoms with Crippen molar-refractivity contribution in [2.45, 2.75) is 19.8 Å². The Balaban J connectivity index is 2.20. The van der Waals surface area contributed by atoms with Gasteiger partial charge < -0.3 is 11.1 Å². The Morgan fingerprint density at radius 3 is 2.71 bits per heavy atom. The third-order valence-electron chi connectivity index (χ3n) is 2.60. The van der Waals surface area contributed by atoms with Crippen molar-refractivity contribution in [1.29, 1.82) is 0 Å². The van der Waals surface area contributed by atoms with Gasteiger partial charge in [0.2, 0.25) is 0 Å². The van der Waals surface area contributed by atoms with E-state index >= 15 is 0 Å². The third-order valence-corrected chi connectivity index (χ3v) is 2.60. The summed E-state index contributed by atoms with van der Waals surface area (Å²) in [7, 11) is 0. The van der Waals surface area contributed by atoms with E-state index in [-0.39, 0.29) is 0 Å². The van der Waals surface area contributed by atoms with E-state index in [0.717, 1.165) is 24.2 Å². The normalized spacial score (nSPS) is 10.2. The number of hydrogen-bond acceptors (Lipinski definition) is 3. The molecule has 0 aliphatic carbocycles. The lowest BCUT2D eigenvalue weighted by Crippen LogP contribution is -1.97. The molecule has 0 bridgehead atoms. The summed E-state index contributed by atoms with van der Waals surface area (Å²) in [5.74, 6) is 0.539. The molecular formula is C14H17N3. The number of anilines is 3. The standard InChI is InChI=1S/C14H17N3/c1-2-5-11-6-3-4-7-13(11)17-12-8-9-14(15)16-10-12/h3-4,6-10,17H,2,5H2,1H3,(H2,15,16). The molecule has 1 aromatic heterocycles. The van der Waals surface area contributed by atoms with E-state index in [1.54, 1.807) is 12.3 Å². The number of aromatic nitrogens is 1. The number of nitrogens with zero attached hydrogens (tertiary/aromatic N) is 1. The van der Waals surface area contributed by atoms with Crippen LogP contribution < -0.4 is 11.1 Å². The zero-order valence-corrected chi connectivity index (χ0v) is 9.98. The lowest BCUT2D eigenvalue weighted by atomic mass is 10.1. The molecule has 3 heteroatoms. The minimum atomic E-state index is 0.539. The van der Waals surface area contributed by atoms with Crippen molar-refractivity contribution < 1.29 is 0 Å². The minimum absolute atomic E-state index is 0.539. The lowest BCUT2D eigenvalue weighted by molar-refractivity contribution is 0.923. The van der Waals surface area contributed by atoms with E-state index < -0.39 is 0 Å².